The second-order valence-electron chi connectivity index (χ2n) is 10.1. The van der Waals surface area contributed by atoms with Gasteiger partial charge in [0, 0.05) is 29.7 Å². The Morgan fingerprint density at radius 1 is 0.973 bits per heavy atom. The van der Waals surface area contributed by atoms with Crippen molar-refractivity contribution >= 4 is 5.97 Å². The summed E-state index contributed by atoms with van der Waals surface area (Å²) in [6, 6.07) is 27.8. The molecule has 0 amide bonds. The molecule has 2 N–H and O–H groups in total. The summed E-state index contributed by atoms with van der Waals surface area (Å²) in [5, 5.41) is 7.75. The van der Waals surface area contributed by atoms with Crippen molar-refractivity contribution in [2.45, 2.75) is 65.6 Å². The molecule has 1 aliphatic rings. The number of benzene rings is 3. The summed E-state index contributed by atoms with van der Waals surface area (Å²) in [7, 11) is 0. The van der Waals surface area contributed by atoms with Gasteiger partial charge < -0.3 is 15.4 Å². The fourth-order valence-corrected chi connectivity index (χ4v) is 5.33. The molecular formula is C33H40N2O2. The minimum absolute atomic E-state index is 0.0583. The van der Waals surface area contributed by atoms with Gasteiger partial charge in [-0.1, -0.05) is 87.5 Å². The maximum atomic E-state index is 12.0. The molecule has 37 heavy (non-hydrogen) atoms. The van der Waals surface area contributed by atoms with Crippen LogP contribution in [0.25, 0.3) is 11.1 Å². The molecule has 0 fully saturated rings. The molecular weight excluding hydrogens is 456 g/mol. The highest BCUT2D eigenvalue weighted by atomic mass is 16.5. The molecule has 2 unspecified atom stereocenters. The molecule has 0 heterocycles. The molecule has 0 saturated carbocycles. The SMILES string of the molecule is CCOC(=O)c1ccc(-c2cccc(CNC3=CC[C@H](NC(CC)c4ccccc4)C3(C)CC)c2)cc1. The second kappa shape index (κ2) is 12.2. The van der Waals surface area contributed by atoms with Crippen molar-refractivity contribution in [3.8, 4) is 11.1 Å². The lowest BCUT2D eigenvalue weighted by Crippen LogP contribution is -2.44. The summed E-state index contributed by atoms with van der Waals surface area (Å²) >= 11 is 0. The van der Waals surface area contributed by atoms with Crippen LogP contribution >= 0.6 is 0 Å². The number of ether oxygens (including phenoxy) is 1. The lowest BCUT2D eigenvalue weighted by molar-refractivity contribution is 0.0526. The van der Waals surface area contributed by atoms with Crippen LogP contribution in [0.4, 0.5) is 0 Å². The van der Waals surface area contributed by atoms with Crippen molar-refractivity contribution in [3.63, 3.8) is 0 Å². The Morgan fingerprint density at radius 3 is 2.41 bits per heavy atom. The van der Waals surface area contributed by atoms with Crippen molar-refractivity contribution < 1.29 is 9.53 Å². The molecule has 0 bridgehead atoms. The third kappa shape index (κ3) is 6.14. The van der Waals surface area contributed by atoms with E-state index in [4.69, 9.17) is 4.74 Å². The number of hydrogen-bond donors (Lipinski definition) is 2. The molecule has 0 radical (unpaired) electrons. The Bertz CT molecular complexity index is 1200. The van der Waals surface area contributed by atoms with Gasteiger partial charge in [-0.15, -0.1) is 0 Å². The molecule has 3 aromatic carbocycles. The highest BCUT2D eigenvalue weighted by Gasteiger charge is 2.40. The Balaban J connectivity index is 1.41. The van der Waals surface area contributed by atoms with Crippen molar-refractivity contribution in [1.82, 2.24) is 10.6 Å². The second-order valence-corrected chi connectivity index (χ2v) is 10.1. The minimum atomic E-state index is -0.280. The predicted octanol–water partition coefficient (Wildman–Crippen LogP) is 7.43. The Kier molecular flexibility index (Phi) is 8.83. The molecule has 0 spiro atoms. The number of rotatable bonds is 11. The van der Waals surface area contributed by atoms with E-state index in [9.17, 15) is 4.79 Å². The molecule has 3 atom stereocenters. The van der Waals surface area contributed by atoms with E-state index in [1.165, 1.54) is 16.8 Å². The van der Waals surface area contributed by atoms with E-state index in [2.05, 4.69) is 92.1 Å². The van der Waals surface area contributed by atoms with E-state index in [0.29, 0.717) is 24.3 Å². The normalized spacial score (nSPS) is 19.8. The number of nitrogens with one attached hydrogen (secondary N) is 2. The van der Waals surface area contributed by atoms with Crippen molar-refractivity contribution in [2.75, 3.05) is 6.61 Å². The van der Waals surface area contributed by atoms with Gasteiger partial charge in [-0.2, -0.15) is 0 Å². The molecule has 4 heteroatoms. The van der Waals surface area contributed by atoms with Crippen LogP contribution in [-0.2, 0) is 11.3 Å². The van der Waals surface area contributed by atoms with Gasteiger partial charge in [0.15, 0.2) is 0 Å². The number of esters is 1. The summed E-state index contributed by atoms with van der Waals surface area (Å²) in [6.45, 7) is 9.91. The van der Waals surface area contributed by atoms with Crippen LogP contribution in [-0.4, -0.2) is 18.6 Å². The zero-order valence-electron chi connectivity index (χ0n) is 22.6. The molecule has 1 aliphatic carbocycles. The highest BCUT2D eigenvalue weighted by Crippen LogP contribution is 2.41. The first-order valence-electron chi connectivity index (χ1n) is 13.6. The highest BCUT2D eigenvalue weighted by molar-refractivity contribution is 5.90. The van der Waals surface area contributed by atoms with E-state index in [0.717, 1.165) is 36.9 Å². The average molecular weight is 497 g/mol. The smallest absolute Gasteiger partial charge is 0.338 e. The fraction of sp³-hybridized carbons (Fsp3) is 0.364. The summed E-state index contributed by atoms with van der Waals surface area (Å²) in [5.74, 6) is -0.280. The predicted molar refractivity (Wildman–Crippen MR) is 152 cm³/mol. The van der Waals surface area contributed by atoms with E-state index in [1.54, 1.807) is 0 Å². The van der Waals surface area contributed by atoms with Gasteiger partial charge in [-0.3, -0.25) is 0 Å². The quantitative estimate of drug-likeness (QED) is 0.271. The van der Waals surface area contributed by atoms with Gasteiger partial charge in [-0.05, 0) is 66.6 Å². The molecule has 194 valence electrons. The van der Waals surface area contributed by atoms with Crippen molar-refractivity contribution in [2.24, 2.45) is 5.41 Å². The van der Waals surface area contributed by atoms with Gasteiger partial charge >= 0.3 is 5.97 Å². The van der Waals surface area contributed by atoms with Gasteiger partial charge in [0.25, 0.3) is 0 Å². The summed E-state index contributed by atoms with van der Waals surface area (Å²) in [6.07, 6.45) is 5.55. The topological polar surface area (TPSA) is 50.4 Å². The number of carbonyl (C=O) groups is 1. The molecule has 4 nitrogen and oxygen atoms in total. The summed E-state index contributed by atoms with van der Waals surface area (Å²) in [5.41, 5.74) is 6.79. The third-order valence-corrected chi connectivity index (χ3v) is 7.83. The summed E-state index contributed by atoms with van der Waals surface area (Å²) < 4.78 is 5.10. The van der Waals surface area contributed by atoms with Gasteiger partial charge in [-0.25, -0.2) is 4.79 Å². The molecule has 0 aliphatic heterocycles. The van der Waals surface area contributed by atoms with E-state index >= 15 is 0 Å². The molecule has 3 aromatic rings. The first kappa shape index (κ1) is 26.7. The van der Waals surface area contributed by atoms with Crippen LogP contribution in [0, 0.1) is 5.41 Å². The maximum Gasteiger partial charge on any atom is 0.338 e. The fourth-order valence-electron chi connectivity index (χ4n) is 5.33. The Labute approximate surface area is 222 Å². The minimum Gasteiger partial charge on any atom is -0.462 e. The monoisotopic (exact) mass is 496 g/mol. The Hall–Kier alpha value is -3.37. The third-order valence-electron chi connectivity index (χ3n) is 7.83. The first-order chi connectivity index (χ1) is 18.0. The average Bonchev–Trinajstić information content (AvgIpc) is 3.26. The van der Waals surface area contributed by atoms with Gasteiger partial charge in [0.1, 0.15) is 0 Å². The molecule has 4 rings (SSSR count). The summed E-state index contributed by atoms with van der Waals surface area (Å²) in [4.78, 5) is 12.0. The number of carbonyl (C=O) groups excluding carboxylic acids is 1. The van der Waals surface area contributed by atoms with Crippen LogP contribution in [0.5, 0.6) is 0 Å². The Morgan fingerprint density at radius 2 is 1.73 bits per heavy atom. The van der Waals surface area contributed by atoms with Crippen LogP contribution < -0.4 is 10.6 Å². The first-order valence-corrected chi connectivity index (χ1v) is 13.6. The maximum absolute atomic E-state index is 12.0. The van der Waals surface area contributed by atoms with Gasteiger partial charge in [0.05, 0.1) is 12.2 Å². The van der Waals surface area contributed by atoms with Gasteiger partial charge in [0.2, 0.25) is 0 Å². The van der Waals surface area contributed by atoms with Crippen molar-refractivity contribution in [3.05, 3.63) is 107 Å². The van der Waals surface area contributed by atoms with Crippen LogP contribution in [0.2, 0.25) is 0 Å². The van der Waals surface area contributed by atoms with Crippen molar-refractivity contribution in [1.29, 1.82) is 0 Å². The lowest BCUT2D eigenvalue weighted by Gasteiger charge is -2.37. The largest absolute Gasteiger partial charge is 0.462 e. The standard InChI is InChI=1S/C33H40N2O2/c1-5-29(26-13-9-8-10-14-26)35-31-21-20-30(33(31,4)6-2)34-23-24-12-11-15-28(22-24)25-16-18-27(19-17-25)32(36)37-7-3/h8-20,22,29,31,34-35H,5-7,21,23H2,1-4H3/t29?,31-,33?/m0/s1. The van der Waals surface area contributed by atoms with E-state index in [-0.39, 0.29) is 11.4 Å². The number of hydrogen-bond acceptors (Lipinski definition) is 4. The van der Waals surface area contributed by atoms with E-state index in [1.807, 2.05) is 31.2 Å². The lowest BCUT2D eigenvalue weighted by atomic mass is 9.79. The zero-order chi connectivity index (χ0) is 26.3. The zero-order valence-corrected chi connectivity index (χ0v) is 22.6. The van der Waals surface area contributed by atoms with Crippen LogP contribution in [0.15, 0.2) is 90.6 Å². The van der Waals surface area contributed by atoms with Crippen LogP contribution in [0.1, 0.15) is 74.5 Å². The van der Waals surface area contributed by atoms with Crippen LogP contribution in [0.3, 0.4) is 0 Å². The van der Waals surface area contributed by atoms with E-state index < -0.39 is 0 Å². The molecule has 0 aromatic heterocycles. The molecule has 0 saturated heterocycles.